The summed E-state index contributed by atoms with van der Waals surface area (Å²) in [6.45, 7) is 0. The van der Waals surface area contributed by atoms with Crippen molar-refractivity contribution in [3.8, 4) is 0 Å². The molecule has 0 radical (unpaired) electrons. The van der Waals surface area contributed by atoms with E-state index in [1.54, 1.807) is 24.3 Å². The third-order valence-electron chi connectivity index (χ3n) is 2.87. The summed E-state index contributed by atoms with van der Waals surface area (Å²) in [5, 5.41) is 2.68. The second-order valence-corrected chi connectivity index (χ2v) is 5.33. The Bertz CT molecular complexity index is 711. The molecule has 2 rings (SSSR count). The minimum atomic E-state index is -0.511. The number of amides is 1. The van der Waals surface area contributed by atoms with Crippen LogP contribution in [-0.4, -0.2) is 19.0 Å². The molecule has 0 saturated heterocycles. The number of carbonyl (C=O) groups excluding carboxylic acids is 2. The predicted molar refractivity (Wildman–Crippen MR) is 89.6 cm³/mol. The lowest BCUT2D eigenvalue weighted by Crippen LogP contribution is -2.13. The molecule has 0 aromatic heterocycles. The second-order valence-electron chi connectivity index (χ2n) is 4.41. The van der Waals surface area contributed by atoms with Crippen LogP contribution in [0, 0.1) is 0 Å². The van der Waals surface area contributed by atoms with Crippen molar-refractivity contribution in [2.45, 2.75) is 0 Å². The molecule has 5 heteroatoms. The highest BCUT2D eigenvalue weighted by Gasteiger charge is 2.13. The summed E-state index contributed by atoms with van der Waals surface area (Å²) in [6, 6.07) is 14.5. The van der Waals surface area contributed by atoms with Crippen LogP contribution in [0.1, 0.15) is 15.9 Å². The molecule has 1 N–H and O–H groups in total. The van der Waals surface area contributed by atoms with Crippen LogP contribution in [-0.2, 0) is 9.53 Å². The van der Waals surface area contributed by atoms with Gasteiger partial charge in [0, 0.05) is 10.5 Å². The van der Waals surface area contributed by atoms with Gasteiger partial charge in [0.25, 0.3) is 0 Å². The van der Waals surface area contributed by atoms with Gasteiger partial charge in [-0.25, -0.2) is 4.79 Å². The van der Waals surface area contributed by atoms with Crippen LogP contribution in [0.25, 0.3) is 6.08 Å². The van der Waals surface area contributed by atoms with Gasteiger partial charge in [-0.1, -0.05) is 46.3 Å². The monoisotopic (exact) mass is 359 g/mol. The minimum absolute atomic E-state index is 0.290. The summed E-state index contributed by atoms with van der Waals surface area (Å²) in [6.07, 6.45) is 3.12. The molecule has 2 aromatic rings. The first-order valence-corrected chi connectivity index (χ1v) is 7.31. The number of nitrogens with one attached hydrogen (secondary N) is 1. The van der Waals surface area contributed by atoms with Gasteiger partial charge < -0.3 is 10.1 Å². The number of benzene rings is 2. The van der Waals surface area contributed by atoms with Crippen LogP contribution in [0.4, 0.5) is 5.69 Å². The first-order chi connectivity index (χ1) is 10.6. The van der Waals surface area contributed by atoms with Gasteiger partial charge >= 0.3 is 5.97 Å². The lowest BCUT2D eigenvalue weighted by atomic mass is 10.1. The minimum Gasteiger partial charge on any atom is -0.465 e. The van der Waals surface area contributed by atoms with E-state index in [2.05, 4.69) is 21.2 Å². The number of carbonyl (C=O) groups is 2. The molecule has 0 aliphatic carbocycles. The zero-order valence-corrected chi connectivity index (χ0v) is 13.5. The molecule has 1 amide bonds. The molecule has 0 aliphatic rings. The SMILES string of the molecule is COC(=O)c1cc(Br)ccc1NC(=O)C=Cc1ccccc1. The molecule has 0 fully saturated rings. The van der Waals surface area contributed by atoms with E-state index in [1.165, 1.54) is 13.2 Å². The summed E-state index contributed by atoms with van der Waals surface area (Å²) >= 11 is 3.29. The number of ether oxygens (including phenoxy) is 1. The van der Waals surface area contributed by atoms with Crippen LogP contribution >= 0.6 is 15.9 Å². The van der Waals surface area contributed by atoms with Gasteiger partial charge in [-0.2, -0.15) is 0 Å². The van der Waals surface area contributed by atoms with Gasteiger partial charge in [0.05, 0.1) is 18.4 Å². The molecule has 4 nitrogen and oxygen atoms in total. The third kappa shape index (κ3) is 4.30. The number of halogens is 1. The van der Waals surface area contributed by atoms with Gasteiger partial charge in [0.2, 0.25) is 5.91 Å². The standard InChI is InChI=1S/C17H14BrNO3/c1-22-17(21)14-11-13(18)8-9-15(14)19-16(20)10-7-12-5-3-2-4-6-12/h2-11H,1H3,(H,19,20). The van der Waals surface area contributed by atoms with Crippen LogP contribution < -0.4 is 5.32 Å². The average Bonchev–Trinajstić information content (AvgIpc) is 2.55. The van der Waals surface area contributed by atoms with Crippen molar-refractivity contribution in [3.05, 3.63) is 70.2 Å². The largest absolute Gasteiger partial charge is 0.465 e. The van der Waals surface area contributed by atoms with Gasteiger partial charge in [-0.3, -0.25) is 4.79 Å². The Morgan fingerprint density at radius 1 is 1.14 bits per heavy atom. The smallest absolute Gasteiger partial charge is 0.340 e. The fraction of sp³-hybridized carbons (Fsp3) is 0.0588. The molecular formula is C17H14BrNO3. The van der Waals surface area contributed by atoms with Crippen molar-refractivity contribution in [2.75, 3.05) is 12.4 Å². The van der Waals surface area contributed by atoms with E-state index in [0.717, 1.165) is 10.0 Å². The lowest BCUT2D eigenvalue weighted by Gasteiger charge is -2.08. The molecule has 0 heterocycles. The average molecular weight is 360 g/mol. The molecule has 112 valence electrons. The maximum Gasteiger partial charge on any atom is 0.340 e. The van der Waals surface area contributed by atoms with Gasteiger partial charge in [0.15, 0.2) is 0 Å². The highest BCUT2D eigenvalue weighted by molar-refractivity contribution is 9.10. The topological polar surface area (TPSA) is 55.4 Å². The van der Waals surface area contributed by atoms with Crippen molar-refractivity contribution < 1.29 is 14.3 Å². The molecule has 0 bridgehead atoms. The zero-order chi connectivity index (χ0) is 15.9. The van der Waals surface area contributed by atoms with Crippen LogP contribution in [0.3, 0.4) is 0 Å². The van der Waals surface area contributed by atoms with Crippen LogP contribution in [0.2, 0.25) is 0 Å². The Hall–Kier alpha value is -2.40. The number of rotatable bonds is 4. The van der Waals surface area contributed by atoms with Gasteiger partial charge in [0.1, 0.15) is 0 Å². The molecule has 0 saturated carbocycles. The van der Waals surface area contributed by atoms with Crippen molar-refractivity contribution in [1.82, 2.24) is 0 Å². The Morgan fingerprint density at radius 3 is 2.55 bits per heavy atom. The molecule has 0 aliphatic heterocycles. The van der Waals surface area contributed by atoms with Crippen molar-refractivity contribution in [1.29, 1.82) is 0 Å². The number of methoxy groups -OCH3 is 1. The van der Waals surface area contributed by atoms with Crippen LogP contribution in [0.5, 0.6) is 0 Å². The third-order valence-corrected chi connectivity index (χ3v) is 3.36. The highest BCUT2D eigenvalue weighted by Crippen LogP contribution is 2.22. The van der Waals surface area contributed by atoms with E-state index in [9.17, 15) is 9.59 Å². The van der Waals surface area contributed by atoms with Gasteiger partial charge in [-0.15, -0.1) is 0 Å². The maximum atomic E-state index is 12.0. The summed E-state index contributed by atoms with van der Waals surface area (Å²) in [4.78, 5) is 23.7. The first kappa shape index (κ1) is 16.0. The van der Waals surface area contributed by atoms with Gasteiger partial charge in [-0.05, 0) is 29.8 Å². The Labute approximate surface area is 136 Å². The number of hydrogen-bond acceptors (Lipinski definition) is 3. The molecular weight excluding hydrogens is 346 g/mol. The lowest BCUT2D eigenvalue weighted by molar-refractivity contribution is -0.111. The van der Waals surface area contributed by atoms with E-state index >= 15 is 0 Å². The molecule has 2 aromatic carbocycles. The predicted octanol–water partition coefficient (Wildman–Crippen LogP) is 3.89. The second kappa shape index (κ2) is 7.56. The van der Waals surface area contributed by atoms with Crippen molar-refractivity contribution >= 4 is 39.6 Å². The van der Waals surface area contributed by atoms with Crippen LogP contribution in [0.15, 0.2) is 59.1 Å². The summed E-state index contributed by atoms with van der Waals surface area (Å²) in [5.74, 6) is -0.833. The zero-order valence-electron chi connectivity index (χ0n) is 11.9. The van der Waals surface area contributed by atoms with E-state index in [1.807, 2.05) is 30.3 Å². The Balaban J connectivity index is 2.15. The molecule has 0 atom stereocenters. The fourth-order valence-electron chi connectivity index (χ4n) is 1.81. The van der Waals surface area contributed by atoms with E-state index in [-0.39, 0.29) is 5.91 Å². The molecule has 0 unspecified atom stereocenters. The Morgan fingerprint density at radius 2 is 1.86 bits per heavy atom. The molecule has 0 spiro atoms. The molecule has 22 heavy (non-hydrogen) atoms. The number of esters is 1. The van der Waals surface area contributed by atoms with E-state index < -0.39 is 5.97 Å². The van der Waals surface area contributed by atoms with E-state index in [0.29, 0.717) is 11.3 Å². The quantitative estimate of drug-likeness (QED) is 0.665. The van der Waals surface area contributed by atoms with Crippen molar-refractivity contribution in [2.24, 2.45) is 0 Å². The summed E-state index contributed by atoms with van der Waals surface area (Å²) in [7, 11) is 1.30. The summed E-state index contributed by atoms with van der Waals surface area (Å²) in [5.41, 5.74) is 1.61. The Kier molecular flexibility index (Phi) is 5.49. The first-order valence-electron chi connectivity index (χ1n) is 6.52. The number of hydrogen-bond donors (Lipinski definition) is 1. The summed E-state index contributed by atoms with van der Waals surface area (Å²) < 4.78 is 5.44. The highest BCUT2D eigenvalue weighted by atomic mass is 79.9. The number of anilines is 1. The van der Waals surface area contributed by atoms with E-state index in [4.69, 9.17) is 4.74 Å². The van der Waals surface area contributed by atoms with Crippen molar-refractivity contribution in [3.63, 3.8) is 0 Å². The normalized spacial score (nSPS) is 10.5. The maximum absolute atomic E-state index is 12.0. The fourth-order valence-corrected chi connectivity index (χ4v) is 2.18.